The summed E-state index contributed by atoms with van der Waals surface area (Å²) in [6, 6.07) is 7.34. The van der Waals surface area contributed by atoms with Gasteiger partial charge in [0.25, 0.3) is 0 Å². The lowest BCUT2D eigenvalue weighted by molar-refractivity contribution is 0.0239. The fourth-order valence-corrected chi connectivity index (χ4v) is 3.92. The van der Waals surface area contributed by atoms with Gasteiger partial charge in [-0.1, -0.05) is 0 Å². The van der Waals surface area contributed by atoms with Crippen molar-refractivity contribution in [1.82, 2.24) is 9.80 Å². The normalized spacial score (nSPS) is 21.0. The lowest BCUT2D eigenvalue weighted by atomic mass is 10.0. The molecule has 0 amide bonds. The molecule has 0 N–H and O–H groups in total. The van der Waals surface area contributed by atoms with E-state index in [0.717, 1.165) is 56.5 Å². The number of hydrogen-bond acceptors (Lipinski definition) is 7. The topological polar surface area (TPSA) is 64.4 Å². The summed E-state index contributed by atoms with van der Waals surface area (Å²) < 4.78 is 22.9. The van der Waals surface area contributed by atoms with Crippen LogP contribution in [0.5, 0.6) is 11.5 Å². The molecule has 0 aliphatic carbocycles. The van der Waals surface area contributed by atoms with Crippen LogP contribution in [0.2, 0.25) is 0 Å². The molecule has 5 rings (SSSR count). The second-order valence-corrected chi connectivity index (χ2v) is 7.59. The smallest absolute Gasteiger partial charge is 0.232 e. The molecular weight excluding hydrogens is 372 g/mol. The fourth-order valence-electron chi connectivity index (χ4n) is 3.92. The average molecular weight is 396 g/mol. The van der Waals surface area contributed by atoms with Gasteiger partial charge in [0.1, 0.15) is 29.8 Å². The predicted molar refractivity (Wildman–Crippen MR) is 106 cm³/mol. The zero-order valence-corrected chi connectivity index (χ0v) is 16.5. The summed E-state index contributed by atoms with van der Waals surface area (Å²) in [5.74, 6) is 2.96. The van der Waals surface area contributed by atoms with E-state index < -0.39 is 0 Å². The van der Waals surface area contributed by atoms with Crippen molar-refractivity contribution < 1.29 is 23.4 Å². The summed E-state index contributed by atoms with van der Waals surface area (Å²) in [5.41, 5.74) is 1.51. The molecule has 1 aromatic heterocycles. The van der Waals surface area contributed by atoms with Crippen molar-refractivity contribution in [2.45, 2.75) is 13.5 Å². The number of carbonyl (C=O) groups excluding carboxylic acids is 1. The maximum atomic E-state index is 12.8. The largest absolute Gasteiger partial charge is 0.478 e. The van der Waals surface area contributed by atoms with Gasteiger partial charge in [-0.2, -0.15) is 0 Å². The number of nitrogens with zero attached hydrogens (tertiary/aromatic N) is 2. The van der Waals surface area contributed by atoms with Crippen LogP contribution in [0.15, 0.2) is 34.4 Å². The monoisotopic (exact) mass is 396 g/mol. The molecule has 3 aliphatic rings. The summed E-state index contributed by atoms with van der Waals surface area (Å²) in [5, 5.41) is 0. The van der Waals surface area contributed by atoms with E-state index in [4.69, 9.17) is 18.6 Å². The lowest BCUT2D eigenvalue weighted by Gasteiger charge is -2.33. The van der Waals surface area contributed by atoms with Crippen LogP contribution in [0.3, 0.4) is 0 Å². The Morgan fingerprint density at radius 2 is 1.90 bits per heavy atom. The molecule has 1 fully saturated rings. The standard InChI is InChI=1S/C22H24N2O5/c1-15-2-3-16(28-15)12-20-21(25)17-4-5-19-18(22(17)29-20)13-24(14-27-19)7-6-23-8-10-26-11-9-23/h2-5,12H,6-11,13-14H2,1H3. The molecule has 3 aliphatic heterocycles. The molecule has 7 heteroatoms. The van der Waals surface area contributed by atoms with Gasteiger partial charge >= 0.3 is 0 Å². The van der Waals surface area contributed by atoms with E-state index in [1.807, 2.05) is 25.1 Å². The number of hydrogen-bond donors (Lipinski definition) is 0. The Hall–Kier alpha value is -2.61. The number of allylic oxidation sites excluding steroid dienone is 1. The number of morpholine rings is 1. The van der Waals surface area contributed by atoms with Crippen LogP contribution in [0.4, 0.5) is 0 Å². The van der Waals surface area contributed by atoms with Crippen LogP contribution in [-0.2, 0) is 11.3 Å². The SMILES string of the molecule is Cc1ccc(C=C2Oc3c(ccc4c3CN(CCN3CCOCC3)CO4)C2=O)o1. The number of fused-ring (bicyclic) bond motifs is 3. The van der Waals surface area contributed by atoms with E-state index in [1.165, 1.54) is 0 Å². The molecule has 2 aromatic rings. The molecule has 0 unspecified atom stereocenters. The van der Waals surface area contributed by atoms with Gasteiger partial charge in [0.2, 0.25) is 5.78 Å². The maximum Gasteiger partial charge on any atom is 0.232 e. The average Bonchev–Trinajstić information content (AvgIpc) is 3.30. The molecule has 0 spiro atoms. The lowest BCUT2D eigenvalue weighted by Crippen LogP contribution is -2.43. The van der Waals surface area contributed by atoms with E-state index in [1.54, 1.807) is 12.1 Å². The van der Waals surface area contributed by atoms with E-state index >= 15 is 0 Å². The van der Waals surface area contributed by atoms with Crippen molar-refractivity contribution in [2.75, 3.05) is 46.1 Å². The van der Waals surface area contributed by atoms with Crippen LogP contribution in [0, 0.1) is 6.92 Å². The van der Waals surface area contributed by atoms with Gasteiger partial charge in [0.15, 0.2) is 5.76 Å². The number of aryl methyl sites for hydroxylation is 1. The number of ether oxygens (including phenoxy) is 3. The Morgan fingerprint density at radius 1 is 1.07 bits per heavy atom. The van der Waals surface area contributed by atoms with E-state index in [2.05, 4.69) is 9.80 Å². The highest BCUT2D eigenvalue weighted by molar-refractivity contribution is 6.14. The van der Waals surface area contributed by atoms with Crippen LogP contribution in [0.1, 0.15) is 27.4 Å². The first kappa shape index (κ1) is 18.4. The van der Waals surface area contributed by atoms with Crippen molar-refractivity contribution >= 4 is 11.9 Å². The highest BCUT2D eigenvalue weighted by Crippen LogP contribution is 2.42. The molecule has 1 aromatic carbocycles. The molecule has 29 heavy (non-hydrogen) atoms. The zero-order chi connectivity index (χ0) is 19.8. The van der Waals surface area contributed by atoms with E-state index in [9.17, 15) is 4.79 Å². The van der Waals surface area contributed by atoms with Crippen LogP contribution >= 0.6 is 0 Å². The van der Waals surface area contributed by atoms with E-state index in [0.29, 0.717) is 30.3 Å². The Morgan fingerprint density at radius 3 is 2.69 bits per heavy atom. The summed E-state index contributed by atoms with van der Waals surface area (Å²) in [7, 11) is 0. The second kappa shape index (κ2) is 7.67. The van der Waals surface area contributed by atoms with Crippen molar-refractivity contribution in [2.24, 2.45) is 0 Å². The molecule has 0 atom stereocenters. The minimum atomic E-state index is -0.123. The summed E-state index contributed by atoms with van der Waals surface area (Å²) in [6.07, 6.45) is 1.65. The van der Waals surface area contributed by atoms with Crippen molar-refractivity contribution in [3.05, 3.63) is 52.7 Å². The zero-order valence-electron chi connectivity index (χ0n) is 16.5. The van der Waals surface area contributed by atoms with E-state index in [-0.39, 0.29) is 11.5 Å². The molecule has 7 nitrogen and oxygen atoms in total. The Balaban J connectivity index is 1.33. The first-order chi connectivity index (χ1) is 14.2. The molecule has 0 saturated carbocycles. The first-order valence-corrected chi connectivity index (χ1v) is 9.99. The van der Waals surface area contributed by atoms with Gasteiger partial charge in [0.05, 0.1) is 24.3 Å². The van der Waals surface area contributed by atoms with Gasteiger partial charge in [-0.3, -0.25) is 14.6 Å². The van der Waals surface area contributed by atoms with Gasteiger partial charge in [0, 0.05) is 38.8 Å². The third kappa shape index (κ3) is 3.69. The third-order valence-corrected chi connectivity index (χ3v) is 5.55. The summed E-state index contributed by atoms with van der Waals surface area (Å²) in [4.78, 5) is 17.4. The maximum absolute atomic E-state index is 12.8. The molecule has 4 heterocycles. The van der Waals surface area contributed by atoms with Crippen molar-refractivity contribution in [1.29, 1.82) is 0 Å². The van der Waals surface area contributed by atoms with Gasteiger partial charge in [-0.25, -0.2) is 0 Å². The number of carbonyl (C=O) groups is 1. The van der Waals surface area contributed by atoms with Crippen LogP contribution < -0.4 is 9.47 Å². The summed E-state index contributed by atoms with van der Waals surface area (Å²) >= 11 is 0. The molecule has 0 bridgehead atoms. The summed E-state index contributed by atoms with van der Waals surface area (Å²) in [6.45, 7) is 8.51. The Bertz CT molecular complexity index is 958. The van der Waals surface area contributed by atoms with Crippen LogP contribution in [-0.4, -0.2) is 61.7 Å². The number of Topliss-reactive ketones (excluding diaryl/α,β-unsaturated/α-hetero) is 1. The fraction of sp³-hybridized carbons (Fsp3) is 0.409. The van der Waals surface area contributed by atoms with Gasteiger partial charge in [-0.15, -0.1) is 0 Å². The highest BCUT2D eigenvalue weighted by Gasteiger charge is 2.33. The Labute approximate surface area is 169 Å². The minimum Gasteiger partial charge on any atom is -0.478 e. The predicted octanol–water partition coefficient (Wildman–Crippen LogP) is 2.69. The quantitative estimate of drug-likeness (QED) is 0.736. The van der Waals surface area contributed by atoms with Crippen molar-refractivity contribution in [3.8, 4) is 11.5 Å². The number of rotatable bonds is 4. The number of benzene rings is 1. The number of ketones is 1. The molecule has 1 saturated heterocycles. The molecular formula is C22H24N2O5. The van der Waals surface area contributed by atoms with Gasteiger partial charge in [-0.05, 0) is 31.2 Å². The number of furan rings is 1. The highest BCUT2D eigenvalue weighted by atomic mass is 16.5. The van der Waals surface area contributed by atoms with Gasteiger partial charge < -0.3 is 18.6 Å². The van der Waals surface area contributed by atoms with Crippen molar-refractivity contribution in [3.63, 3.8) is 0 Å². The second-order valence-electron chi connectivity index (χ2n) is 7.59. The third-order valence-electron chi connectivity index (χ3n) is 5.55. The molecule has 152 valence electrons. The first-order valence-electron chi connectivity index (χ1n) is 9.99. The van der Waals surface area contributed by atoms with Crippen LogP contribution in [0.25, 0.3) is 6.08 Å². The minimum absolute atomic E-state index is 0.123. The Kier molecular flexibility index (Phi) is 4.87. The molecule has 0 radical (unpaired) electrons.